The van der Waals surface area contributed by atoms with E-state index in [1.54, 1.807) is 20.8 Å². The number of carboxylic acid groups (broad SMARTS) is 4. The number of carbonyl (C=O) groups excluding carboxylic acids is 15. The average Bonchev–Trinajstić information content (AvgIpc) is 0.849. The standard InChI is InChI=1S/C80H146N28O26S/c1-8-39(3)58(73(129)100-46(21-11-14-32-82)65(121)95-45(20-10-13-31-81)64(120)94-41(5)62(118)107-60(42(6)110)76(132)102-52(77(133)134)27-30-57(116)117)105-69(125)47(22-12-15-33-83)96-68(124)50(25-28-55(112)113)98-66(122)48(23-17-35-92-79(87)88)97-72(128)54(38-135)104-67(123)49(24-18-36-93-80(89)90)101-75(131)61(43(7)111)108-74(130)59(40(4)9-2)106-70(126)51(26-29-56(114)115)99-71(127)53(37-109)103-63(119)44(84)19-16-34-91-78(85)86/h39-54,58-61,109-111,135H,8-38,81-84H2,1-7H3,(H,94,120)(H,95,121)(H,96,124)(H,97,128)(H,98,122)(H,99,127)(H,100,129)(H,101,131)(H,102,132)(H,103,119)(H,104,123)(H,105,125)(H,106,126)(H,107,118)(H,108,130)(H,112,113)(H,114,115)(H,116,117)(H,133,134)(H4,85,86,91)(H4,87,88,92)(H4,89,90,93)/t39-,40-,41-,42+,43+,44-,45-,46-,47-,48-,49-,50-,51-,52-,53-,54-,58-,59-,60-,61-/m0/s1. The number of hydrogen-bond acceptors (Lipinski definition) is 30. The van der Waals surface area contributed by atoms with Gasteiger partial charge in [0, 0.05) is 44.6 Å². The van der Waals surface area contributed by atoms with Crippen LogP contribution in [0.25, 0.3) is 0 Å². The number of nitrogens with zero attached hydrogens (tertiary/aromatic N) is 3. The van der Waals surface area contributed by atoms with Gasteiger partial charge in [0.25, 0.3) is 0 Å². The summed E-state index contributed by atoms with van der Waals surface area (Å²) in [4.78, 5) is 271. The fourth-order valence-electron chi connectivity index (χ4n) is 12.8. The molecule has 55 heteroatoms. The summed E-state index contributed by atoms with van der Waals surface area (Å²) in [7, 11) is 0. The normalized spacial score (nSPS) is 15.5. The number of guanidine groups is 3. The number of hydrogen-bond donors (Lipinski definition) is 33. The lowest BCUT2D eigenvalue weighted by Crippen LogP contribution is -2.63. The van der Waals surface area contributed by atoms with Crippen molar-refractivity contribution in [3.63, 3.8) is 0 Å². The van der Waals surface area contributed by atoms with Crippen molar-refractivity contribution in [3.05, 3.63) is 0 Å². The zero-order chi connectivity index (χ0) is 103. The number of nitrogens with one attached hydrogen (secondary N) is 15. The molecule has 15 amide bonds. The van der Waals surface area contributed by atoms with Gasteiger partial charge in [-0.15, -0.1) is 0 Å². The second kappa shape index (κ2) is 67.1. The predicted octanol–water partition coefficient (Wildman–Crippen LogP) is -11.4. The van der Waals surface area contributed by atoms with Crippen LogP contribution in [0.5, 0.6) is 0 Å². The Bertz CT molecular complexity index is 3950. The Labute approximate surface area is 787 Å². The summed E-state index contributed by atoms with van der Waals surface area (Å²) >= 11 is 4.29. The summed E-state index contributed by atoms with van der Waals surface area (Å²) in [5.74, 6) is -25.3. The maximum atomic E-state index is 14.8. The first kappa shape index (κ1) is 123. The molecule has 0 bridgehead atoms. The molecule has 0 heterocycles. The van der Waals surface area contributed by atoms with Crippen LogP contribution in [0.2, 0.25) is 0 Å². The molecular formula is C80H146N28O26S. The molecule has 768 valence electrons. The monoisotopic (exact) mass is 1950 g/mol. The largest absolute Gasteiger partial charge is 0.481 e. The van der Waals surface area contributed by atoms with Crippen LogP contribution in [-0.2, 0) is 91.1 Å². The van der Waals surface area contributed by atoms with Crippen LogP contribution in [0.15, 0.2) is 15.0 Å². The molecule has 54 nitrogen and oxygen atoms in total. The third-order valence-electron chi connectivity index (χ3n) is 21.1. The molecule has 42 N–H and O–H groups in total. The van der Waals surface area contributed by atoms with Gasteiger partial charge in [-0.2, -0.15) is 12.6 Å². The highest BCUT2D eigenvalue weighted by Gasteiger charge is 2.41. The molecule has 0 aromatic carbocycles. The van der Waals surface area contributed by atoms with Crippen LogP contribution < -0.4 is 137 Å². The van der Waals surface area contributed by atoms with E-state index >= 15 is 0 Å². The molecule has 0 aliphatic carbocycles. The Balaban J connectivity index is 7.49. The van der Waals surface area contributed by atoms with Crippen molar-refractivity contribution in [2.24, 2.45) is 84.1 Å². The first-order valence-corrected chi connectivity index (χ1v) is 45.2. The number of amides is 15. The van der Waals surface area contributed by atoms with Gasteiger partial charge in [0.2, 0.25) is 88.6 Å². The molecule has 0 fully saturated rings. The Morgan fingerprint density at radius 1 is 0.296 bits per heavy atom. The second-order valence-corrected chi connectivity index (χ2v) is 32.7. The number of aliphatic carboxylic acids is 4. The summed E-state index contributed by atoms with van der Waals surface area (Å²) < 4.78 is 0. The highest BCUT2D eigenvalue weighted by atomic mass is 32.1. The fourth-order valence-corrected chi connectivity index (χ4v) is 13.0. The highest BCUT2D eigenvalue weighted by Crippen LogP contribution is 2.17. The summed E-state index contributed by atoms with van der Waals surface area (Å²) in [6.45, 7) is 8.80. The van der Waals surface area contributed by atoms with Gasteiger partial charge in [0.1, 0.15) is 90.6 Å². The van der Waals surface area contributed by atoms with Crippen molar-refractivity contribution in [1.82, 2.24) is 79.8 Å². The number of rotatable bonds is 72. The first-order valence-electron chi connectivity index (χ1n) is 44.5. The van der Waals surface area contributed by atoms with Gasteiger partial charge in [0.15, 0.2) is 17.9 Å². The van der Waals surface area contributed by atoms with Crippen LogP contribution in [0.4, 0.5) is 0 Å². The third kappa shape index (κ3) is 50.1. The molecule has 0 aromatic rings. The number of carboxylic acids is 4. The summed E-state index contributed by atoms with van der Waals surface area (Å²) in [6, 6.07) is -26.4. The zero-order valence-electron chi connectivity index (χ0n) is 77.4. The first-order chi connectivity index (χ1) is 63.5. The maximum absolute atomic E-state index is 14.8. The lowest BCUT2D eigenvalue weighted by atomic mass is 9.96. The minimum absolute atomic E-state index is 0.0250. The van der Waals surface area contributed by atoms with Gasteiger partial charge in [-0.25, -0.2) is 4.79 Å². The van der Waals surface area contributed by atoms with Gasteiger partial charge in [0.05, 0.1) is 24.9 Å². The van der Waals surface area contributed by atoms with Gasteiger partial charge >= 0.3 is 23.9 Å². The molecule has 0 saturated carbocycles. The molecule has 0 spiro atoms. The van der Waals surface area contributed by atoms with Crippen LogP contribution in [-0.4, -0.2) is 327 Å². The van der Waals surface area contributed by atoms with Crippen molar-refractivity contribution in [2.45, 2.75) is 305 Å². The molecular weight excluding hydrogens is 1800 g/mol. The van der Waals surface area contributed by atoms with Crippen molar-refractivity contribution in [3.8, 4) is 0 Å². The van der Waals surface area contributed by atoms with E-state index < -0.39 is 284 Å². The topological polar surface area (TPSA) is 944 Å². The number of aliphatic hydroxyl groups is 3. The molecule has 0 aromatic heterocycles. The van der Waals surface area contributed by atoms with E-state index in [1.807, 2.05) is 0 Å². The molecule has 135 heavy (non-hydrogen) atoms. The molecule has 0 rings (SSSR count). The molecule has 0 unspecified atom stereocenters. The maximum Gasteiger partial charge on any atom is 0.326 e. The smallest absolute Gasteiger partial charge is 0.326 e. The molecule has 0 saturated heterocycles. The van der Waals surface area contributed by atoms with Gasteiger partial charge < -0.3 is 173 Å². The second-order valence-electron chi connectivity index (χ2n) is 32.3. The van der Waals surface area contributed by atoms with Crippen molar-refractivity contribution >= 4 is 143 Å². The number of unbranched alkanes of at least 4 members (excludes halogenated alkanes) is 3. The van der Waals surface area contributed by atoms with Crippen LogP contribution >= 0.6 is 12.6 Å². The number of aliphatic hydroxyl groups excluding tert-OH is 3. The van der Waals surface area contributed by atoms with E-state index in [0.29, 0.717) is 12.8 Å². The van der Waals surface area contributed by atoms with E-state index in [4.69, 9.17) is 62.4 Å². The Hall–Kier alpha value is -12.2. The van der Waals surface area contributed by atoms with E-state index in [0.717, 1.165) is 13.8 Å². The molecule has 20 atom stereocenters. The third-order valence-corrected chi connectivity index (χ3v) is 21.5. The Morgan fingerprint density at radius 3 is 0.844 bits per heavy atom. The summed E-state index contributed by atoms with van der Waals surface area (Å²) in [5, 5.41) is 106. The lowest BCUT2D eigenvalue weighted by molar-refractivity contribution is -0.144. The fraction of sp³-hybridized carbons (Fsp3) is 0.725. The quantitative estimate of drug-likeness (QED) is 0.0116. The van der Waals surface area contributed by atoms with E-state index in [9.17, 15) is 122 Å². The Morgan fingerprint density at radius 2 is 0.541 bits per heavy atom. The van der Waals surface area contributed by atoms with E-state index in [-0.39, 0.29) is 153 Å². The van der Waals surface area contributed by atoms with Crippen LogP contribution in [0.1, 0.15) is 196 Å². The van der Waals surface area contributed by atoms with E-state index in [2.05, 4.69) is 107 Å². The SMILES string of the molecule is CC[C@H](C)[C@H](NC(=O)[C@H](CCCCN)NC(=O)[C@H](CCC(=O)O)NC(=O)[C@H](CCCN=C(N)N)NC(=O)[C@H](CS)NC(=O)[C@H](CCCN=C(N)N)NC(=O)[C@@H](NC(=O)[C@@H](NC(=O)[C@H](CCC(=O)O)NC(=O)[C@H](CO)NC(=O)[C@@H](N)CCCN=C(N)N)[C@@H](C)CC)[C@@H](C)O)C(=O)N[C@@H](CCCCN)C(=O)N[C@@H](CCCCN)C(=O)N[C@@H](C)C(=O)N[C@H](C(=O)N[C@@H](CCC(=O)O)C(=O)O)[C@@H](C)O. The van der Waals surface area contributed by atoms with Gasteiger partial charge in [-0.05, 0) is 168 Å². The van der Waals surface area contributed by atoms with E-state index in [1.165, 1.54) is 13.8 Å². The zero-order valence-corrected chi connectivity index (χ0v) is 78.3. The summed E-state index contributed by atoms with van der Waals surface area (Å²) in [5.41, 5.74) is 56.3. The minimum Gasteiger partial charge on any atom is -0.481 e. The number of aliphatic imine (C=N–C) groups is 3. The highest BCUT2D eigenvalue weighted by molar-refractivity contribution is 7.80. The van der Waals surface area contributed by atoms with Crippen LogP contribution in [0.3, 0.4) is 0 Å². The van der Waals surface area contributed by atoms with Gasteiger partial charge in [-0.1, -0.05) is 40.5 Å². The lowest BCUT2D eigenvalue weighted by Gasteiger charge is -2.30. The minimum atomic E-state index is -1.97. The van der Waals surface area contributed by atoms with Crippen molar-refractivity contribution in [2.75, 3.05) is 51.6 Å². The number of thiol groups is 1. The predicted molar refractivity (Wildman–Crippen MR) is 493 cm³/mol. The molecule has 0 aliphatic heterocycles. The summed E-state index contributed by atoms with van der Waals surface area (Å²) in [6.07, 6.45) is -6.71. The number of nitrogens with two attached hydrogens (primary N) is 10. The molecule has 0 aliphatic rings. The average molecular weight is 1950 g/mol. The van der Waals surface area contributed by atoms with Crippen LogP contribution in [0, 0.1) is 11.8 Å². The van der Waals surface area contributed by atoms with Crippen molar-refractivity contribution in [1.29, 1.82) is 0 Å². The van der Waals surface area contributed by atoms with Crippen molar-refractivity contribution < 1.29 is 127 Å². The molecule has 0 radical (unpaired) electrons. The number of carbonyl (C=O) groups is 19. The Kier molecular flexibility index (Phi) is 61.0. The van der Waals surface area contributed by atoms with Gasteiger partial charge in [-0.3, -0.25) is 101 Å².